The number of amidine groups is 1. The van der Waals surface area contributed by atoms with Crippen molar-refractivity contribution < 1.29 is 9.59 Å². The summed E-state index contributed by atoms with van der Waals surface area (Å²) in [6, 6.07) is 16.9. The maximum Gasteiger partial charge on any atom is 0.264 e. The number of hydrogen-bond acceptors (Lipinski definition) is 5. The van der Waals surface area contributed by atoms with E-state index < -0.39 is 0 Å². The first-order valence-electron chi connectivity index (χ1n) is 8.59. The maximum absolute atomic E-state index is 12.3. The number of nitrogens with one attached hydrogen (secondary N) is 2. The number of aromatic nitrogens is 1. The molecular formula is C21H16N4O2S. The molecule has 2 heterocycles. The highest BCUT2D eigenvalue weighted by Crippen LogP contribution is 2.31. The van der Waals surface area contributed by atoms with Crippen molar-refractivity contribution >= 4 is 57.1 Å². The highest BCUT2D eigenvalue weighted by Gasteiger charge is 2.24. The molecule has 0 aliphatic carbocycles. The standard InChI is InChI=1S/C21H16N4O2S/c1-13(26)23-17-6-2-3-7-18(17)24-21-25-20(27)19(28-21)12-14-8-9-16-15(11-14)5-4-10-22-16/h2-12H,1H3,(H,23,26)(H,24,25,27). The van der Waals surface area contributed by atoms with Crippen LogP contribution in [0.4, 0.5) is 11.4 Å². The van der Waals surface area contributed by atoms with E-state index in [2.05, 4.69) is 20.6 Å². The van der Waals surface area contributed by atoms with E-state index in [4.69, 9.17) is 0 Å². The zero-order valence-electron chi connectivity index (χ0n) is 15.0. The van der Waals surface area contributed by atoms with Crippen LogP contribution in [0.25, 0.3) is 17.0 Å². The average Bonchev–Trinajstić information content (AvgIpc) is 3.02. The van der Waals surface area contributed by atoms with Crippen LogP contribution >= 0.6 is 11.8 Å². The van der Waals surface area contributed by atoms with E-state index in [0.29, 0.717) is 21.4 Å². The van der Waals surface area contributed by atoms with Crippen LogP contribution in [0, 0.1) is 0 Å². The molecule has 0 atom stereocenters. The van der Waals surface area contributed by atoms with Crippen LogP contribution < -0.4 is 10.6 Å². The van der Waals surface area contributed by atoms with Crippen LogP contribution in [0.3, 0.4) is 0 Å². The predicted octanol–water partition coefficient (Wildman–Crippen LogP) is 4.08. The smallest absolute Gasteiger partial charge is 0.264 e. The van der Waals surface area contributed by atoms with Crippen molar-refractivity contribution in [3.05, 3.63) is 71.3 Å². The molecule has 0 unspecified atom stereocenters. The number of aliphatic imine (C=N–C) groups is 1. The Kier molecular flexibility index (Phi) is 4.90. The topological polar surface area (TPSA) is 83.5 Å². The van der Waals surface area contributed by atoms with E-state index in [1.54, 1.807) is 18.3 Å². The van der Waals surface area contributed by atoms with Crippen LogP contribution in [0.1, 0.15) is 12.5 Å². The minimum Gasteiger partial charge on any atom is -0.324 e. The number of amides is 2. The fourth-order valence-electron chi connectivity index (χ4n) is 2.79. The highest BCUT2D eigenvalue weighted by atomic mass is 32.2. The number of thioether (sulfide) groups is 1. The van der Waals surface area contributed by atoms with Gasteiger partial charge in [0.25, 0.3) is 5.91 Å². The van der Waals surface area contributed by atoms with Gasteiger partial charge < -0.3 is 10.6 Å². The zero-order chi connectivity index (χ0) is 19.5. The van der Waals surface area contributed by atoms with Gasteiger partial charge in [-0.3, -0.25) is 14.6 Å². The van der Waals surface area contributed by atoms with Gasteiger partial charge in [-0.05, 0) is 53.7 Å². The second-order valence-corrected chi connectivity index (χ2v) is 7.17. The third-order valence-corrected chi connectivity index (χ3v) is 4.92. The van der Waals surface area contributed by atoms with Crippen molar-refractivity contribution in [3.63, 3.8) is 0 Å². The lowest BCUT2D eigenvalue weighted by Crippen LogP contribution is -2.19. The van der Waals surface area contributed by atoms with Gasteiger partial charge in [0.2, 0.25) is 5.91 Å². The molecule has 2 amide bonds. The van der Waals surface area contributed by atoms with E-state index in [1.807, 2.05) is 48.5 Å². The van der Waals surface area contributed by atoms with Crippen molar-refractivity contribution in [3.8, 4) is 0 Å². The van der Waals surface area contributed by atoms with Crippen molar-refractivity contribution in [2.24, 2.45) is 4.99 Å². The number of fused-ring (bicyclic) bond motifs is 1. The van der Waals surface area contributed by atoms with Crippen molar-refractivity contribution in [2.75, 3.05) is 5.32 Å². The lowest BCUT2D eigenvalue weighted by atomic mass is 10.1. The van der Waals surface area contributed by atoms with E-state index in [9.17, 15) is 9.59 Å². The van der Waals surface area contributed by atoms with Gasteiger partial charge in [-0.25, -0.2) is 4.99 Å². The first-order chi connectivity index (χ1) is 13.6. The molecule has 0 saturated carbocycles. The van der Waals surface area contributed by atoms with E-state index in [-0.39, 0.29) is 11.8 Å². The molecule has 4 rings (SSSR count). The Morgan fingerprint density at radius 3 is 2.89 bits per heavy atom. The summed E-state index contributed by atoms with van der Waals surface area (Å²) in [5, 5.41) is 6.99. The Bertz CT molecular complexity index is 1150. The number of carbonyl (C=O) groups is 2. The number of nitrogens with zero attached hydrogens (tertiary/aromatic N) is 2. The Balaban J connectivity index is 1.61. The Morgan fingerprint density at radius 2 is 2.04 bits per heavy atom. The molecule has 1 aromatic heterocycles. The maximum atomic E-state index is 12.3. The lowest BCUT2D eigenvalue weighted by molar-refractivity contribution is -0.115. The van der Waals surface area contributed by atoms with Crippen molar-refractivity contribution in [1.29, 1.82) is 0 Å². The summed E-state index contributed by atoms with van der Waals surface area (Å²) in [7, 11) is 0. The van der Waals surface area contributed by atoms with E-state index >= 15 is 0 Å². The second kappa shape index (κ2) is 7.66. The molecule has 28 heavy (non-hydrogen) atoms. The fourth-order valence-corrected chi connectivity index (χ4v) is 3.63. The minimum absolute atomic E-state index is 0.179. The summed E-state index contributed by atoms with van der Waals surface area (Å²) in [6.45, 7) is 1.44. The van der Waals surface area contributed by atoms with Gasteiger partial charge in [0.15, 0.2) is 5.17 Å². The average molecular weight is 388 g/mol. The number of carbonyl (C=O) groups excluding carboxylic acids is 2. The summed E-state index contributed by atoms with van der Waals surface area (Å²) in [5.74, 6) is -0.380. The second-order valence-electron chi connectivity index (χ2n) is 6.14. The van der Waals surface area contributed by atoms with Crippen molar-refractivity contribution in [1.82, 2.24) is 10.3 Å². The number of anilines is 1. The zero-order valence-corrected chi connectivity index (χ0v) is 15.8. The molecule has 6 nitrogen and oxygen atoms in total. The summed E-state index contributed by atoms with van der Waals surface area (Å²) in [4.78, 5) is 33.0. The SMILES string of the molecule is CC(=O)Nc1ccccc1N=C1NC(=O)C(=Cc2ccc3ncccc3c2)S1. The third kappa shape index (κ3) is 3.94. The van der Waals surface area contributed by atoms with Gasteiger partial charge in [0.1, 0.15) is 0 Å². The largest absolute Gasteiger partial charge is 0.324 e. The van der Waals surface area contributed by atoms with Gasteiger partial charge in [-0.1, -0.05) is 24.3 Å². The molecule has 3 aromatic rings. The van der Waals surface area contributed by atoms with Crippen LogP contribution in [0.2, 0.25) is 0 Å². The molecule has 0 spiro atoms. The normalized spacial score (nSPS) is 16.5. The highest BCUT2D eigenvalue weighted by molar-refractivity contribution is 8.18. The quantitative estimate of drug-likeness (QED) is 0.662. The van der Waals surface area contributed by atoms with Gasteiger partial charge >= 0.3 is 0 Å². The van der Waals surface area contributed by atoms with Crippen LogP contribution in [-0.4, -0.2) is 22.0 Å². The summed E-state index contributed by atoms with van der Waals surface area (Å²) in [6.07, 6.45) is 3.58. The Labute approximate surface area is 165 Å². The molecule has 1 aliphatic heterocycles. The Hall–Kier alpha value is -3.45. The molecule has 1 saturated heterocycles. The van der Waals surface area contributed by atoms with Gasteiger partial charge in [0.05, 0.1) is 21.8 Å². The molecule has 2 aromatic carbocycles. The monoisotopic (exact) mass is 388 g/mol. The molecule has 138 valence electrons. The molecule has 0 radical (unpaired) electrons. The first kappa shape index (κ1) is 17.9. The van der Waals surface area contributed by atoms with Gasteiger partial charge in [-0.15, -0.1) is 0 Å². The van der Waals surface area contributed by atoms with Crippen LogP contribution in [-0.2, 0) is 9.59 Å². The number of rotatable bonds is 3. The van der Waals surface area contributed by atoms with Crippen LogP contribution in [0.5, 0.6) is 0 Å². The summed E-state index contributed by atoms with van der Waals surface area (Å²) in [5.41, 5.74) is 3.00. The van der Waals surface area contributed by atoms with E-state index in [1.165, 1.54) is 18.7 Å². The Morgan fingerprint density at radius 1 is 1.18 bits per heavy atom. The number of pyridine rings is 1. The number of hydrogen-bond donors (Lipinski definition) is 2. The number of para-hydroxylation sites is 2. The van der Waals surface area contributed by atoms with Gasteiger partial charge in [-0.2, -0.15) is 0 Å². The fraction of sp³-hybridized carbons (Fsp3) is 0.0476. The predicted molar refractivity (Wildman–Crippen MR) is 113 cm³/mol. The third-order valence-electron chi connectivity index (χ3n) is 4.01. The first-order valence-corrected chi connectivity index (χ1v) is 9.41. The molecule has 2 N–H and O–H groups in total. The lowest BCUT2D eigenvalue weighted by Gasteiger charge is -2.05. The van der Waals surface area contributed by atoms with Crippen LogP contribution in [0.15, 0.2) is 70.7 Å². The summed E-state index contributed by atoms with van der Waals surface area (Å²) < 4.78 is 0. The molecule has 7 heteroatoms. The molecule has 1 fully saturated rings. The van der Waals surface area contributed by atoms with Crippen molar-refractivity contribution in [2.45, 2.75) is 6.92 Å². The molecular weight excluding hydrogens is 372 g/mol. The molecule has 1 aliphatic rings. The summed E-state index contributed by atoms with van der Waals surface area (Å²) >= 11 is 1.26. The minimum atomic E-state index is -0.202. The molecule has 0 bridgehead atoms. The van der Waals surface area contributed by atoms with E-state index in [0.717, 1.165) is 16.5 Å². The number of benzene rings is 2. The van der Waals surface area contributed by atoms with Gasteiger partial charge in [0, 0.05) is 18.5 Å².